The van der Waals surface area contributed by atoms with Crippen LogP contribution < -0.4 is 10.5 Å². The summed E-state index contributed by atoms with van der Waals surface area (Å²) in [5.74, 6) is 0. The van der Waals surface area contributed by atoms with E-state index in [4.69, 9.17) is 0 Å². The van der Waals surface area contributed by atoms with Gasteiger partial charge in [-0.15, -0.1) is 0 Å². The molecule has 1 aromatic heterocycles. The molecule has 0 aliphatic carbocycles. The fourth-order valence-electron chi connectivity index (χ4n) is 2.17. The fourth-order valence-corrected chi connectivity index (χ4v) is 2.17. The average Bonchev–Trinajstić information content (AvgIpc) is 2.36. The van der Waals surface area contributed by atoms with Gasteiger partial charge in [0.2, 0.25) is 0 Å². The van der Waals surface area contributed by atoms with Crippen LogP contribution in [0.25, 0.3) is 0 Å². The van der Waals surface area contributed by atoms with Gasteiger partial charge in [0.05, 0.1) is 5.69 Å². The van der Waals surface area contributed by atoms with Gasteiger partial charge in [-0.05, 0) is 33.3 Å². The van der Waals surface area contributed by atoms with Gasteiger partial charge in [-0.3, -0.25) is 4.79 Å². The van der Waals surface area contributed by atoms with Crippen LogP contribution in [0.1, 0.15) is 38.4 Å². The molecule has 1 aromatic rings. The quantitative estimate of drug-likeness (QED) is 0.802. The minimum atomic E-state index is -0.166. The zero-order valence-corrected chi connectivity index (χ0v) is 11.7. The molecule has 0 saturated heterocycles. The number of anilines is 1. The van der Waals surface area contributed by atoms with Gasteiger partial charge < -0.3 is 9.47 Å². The summed E-state index contributed by atoms with van der Waals surface area (Å²) in [7, 11) is 0. The summed E-state index contributed by atoms with van der Waals surface area (Å²) in [6, 6.07) is 4.01. The van der Waals surface area contributed by atoms with E-state index in [9.17, 15) is 10.1 Å². The predicted molar refractivity (Wildman–Crippen MR) is 74.0 cm³/mol. The molecule has 0 aromatic carbocycles. The smallest absolute Gasteiger partial charge is 0.270 e. The van der Waals surface area contributed by atoms with Crippen LogP contribution >= 0.6 is 0 Å². The van der Waals surface area contributed by atoms with Crippen LogP contribution in [0, 0.1) is 18.3 Å². The van der Waals surface area contributed by atoms with Gasteiger partial charge in [-0.2, -0.15) is 5.26 Å². The Kier molecular flexibility index (Phi) is 4.96. The number of aromatic nitrogens is 1. The van der Waals surface area contributed by atoms with E-state index in [1.54, 1.807) is 4.57 Å². The maximum Gasteiger partial charge on any atom is 0.270 e. The average molecular weight is 247 g/mol. The SMILES string of the molecule is CCCn1c(C)cc(N(CC)CC)c(C#N)c1=O. The second-order valence-corrected chi connectivity index (χ2v) is 4.29. The Morgan fingerprint density at radius 1 is 1.33 bits per heavy atom. The number of pyridine rings is 1. The van der Waals surface area contributed by atoms with Crippen molar-refractivity contribution in [1.29, 1.82) is 5.26 Å². The van der Waals surface area contributed by atoms with Gasteiger partial charge >= 0.3 is 0 Å². The first-order chi connectivity index (χ1) is 8.60. The molecule has 0 atom stereocenters. The minimum absolute atomic E-state index is 0.166. The highest BCUT2D eigenvalue weighted by Gasteiger charge is 2.15. The van der Waals surface area contributed by atoms with Crippen molar-refractivity contribution in [1.82, 2.24) is 4.57 Å². The van der Waals surface area contributed by atoms with E-state index >= 15 is 0 Å². The summed E-state index contributed by atoms with van der Waals surface area (Å²) in [5, 5.41) is 9.23. The number of nitrogens with zero attached hydrogens (tertiary/aromatic N) is 3. The summed E-state index contributed by atoms with van der Waals surface area (Å²) in [6.07, 6.45) is 0.885. The van der Waals surface area contributed by atoms with Crippen molar-refractivity contribution >= 4 is 5.69 Å². The number of hydrogen-bond acceptors (Lipinski definition) is 3. The van der Waals surface area contributed by atoms with Crippen LogP contribution in [0.15, 0.2) is 10.9 Å². The molecule has 0 fully saturated rings. The van der Waals surface area contributed by atoms with Crippen molar-refractivity contribution in [3.8, 4) is 6.07 Å². The van der Waals surface area contributed by atoms with E-state index in [-0.39, 0.29) is 11.1 Å². The highest BCUT2D eigenvalue weighted by Crippen LogP contribution is 2.18. The van der Waals surface area contributed by atoms with Crippen LogP contribution in [0.2, 0.25) is 0 Å². The van der Waals surface area contributed by atoms with Crippen molar-refractivity contribution in [2.75, 3.05) is 18.0 Å². The molecule has 0 bridgehead atoms. The van der Waals surface area contributed by atoms with Crippen molar-refractivity contribution in [2.45, 2.75) is 40.7 Å². The lowest BCUT2D eigenvalue weighted by molar-refractivity contribution is 0.632. The Labute approximate surface area is 108 Å². The normalized spacial score (nSPS) is 10.2. The standard InChI is InChI=1S/C14H21N3O/c1-5-8-17-11(4)9-13(16(6-2)7-3)12(10-15)14(17)18/h9H,5-8H2,1-4H3. The lowest BCUT2D eigenvalue weighted by atomic mass is 10.1. The molecular weight excluding hydrogens is 226 g/mol. The van der Waals surface area contributed by atoms with E-state index in [1.165, 1.54) is 0 Å². The van der Waals surface area contributed by atoms with Crippen molar-refractivity contribution in [3.63, 3.8) is 0 Å². The van der Waals surface area contributed by atoms with Gasteiger partial charge in [0.15, 0.2) is 0 Å². The van der Waals surface area contributed by atoms with Crippen LogP contribution in [-0.2, 0) is 6.54 Å². The van der Waals surface area contributed by atoms with Gasteiger partial charge in [0, 0.05) is 25.3 Å². The topological polar surface area (TPSA) is 49.0 Å². The molecule has 0 N–H and O–H groups in total. The Balaban J connectivity index is 3.48. The molecule has 18 heavy (non-hydrogen) atoms. The second kappa shape index (κ2) is 6.25. The van der Waals surface area contributed by atoms with Crippen LogP contribution in [0.5, 0.6) is 0 Å². The van der Waals surface area contributed by atoms with E-state index < -0.39 is 0 Å². The summed E-state index contributed by atoms with van der Waals surface area (Å²) < 4.78 is 1.69. The van der Waals surface area contributed by atoms with Gasteiger partial charge in [-0.1, -0.05) is 6.92 Å². The molecule has 0 saturated carbocycles. The predicted octanol–water partition coefficient (Wildman–Crippen LogP) is 2.28. The molecule has 1 heterocycles. The zero-order chi connectivity index (χ0) is 13.7. The highest BCUT2D eigenvalue weighted by atomic mass is 16.1. The van der Waals surface area contributed by atoms with Gasteiger partial charge in [0.25, 0.3) is 5.56 Å². The summed E-state index contributed by atoms with van der Waals surface area (Å²) >= 11 is 0. The molecule has 98 valence electrons. The second-order valence-electron chi connectivity index (χ2n) is 4.29. The number of aryl methyl sites for hydroxylation is 1. The molecule has 0 spiro atoms. The summed E-state index contributed by atoms with van der Waals surface area (Å²) in [5.41, 5.74) is 1.78. The molecule has 0 unspecified atom stereocenters. The van der Waals surface area contributed by atoms with E-state index in [1.807, 2.05) is 38.7 Å². The van der Waals surface area contributed by atoms with Crippen LogP contribution in [-0.4, -0.2) is 17.7 Å². The Morgan fingerprint density at radius 3 is 2.39 bits per heavy atom. The highest BCUT2D eigenvalue weighted by molar-refractivity contribution is 5.59. The molecule has 0 amide bonds. The molecule has 1 rings (SSSR count). The molecule has 0 radical (unpaired) electrons. The number of rotatable bonds is 5. The zero-order valence-electron chi connectivity index (χ0n) is 11.7. The van der Waals surface area contributed by atoms with E-state index in [0.717, 1.165) is 30.9 Å². The Bertz CT molecular complexity index is 507. The van der Waals surface area contributed by atoms with E-state index in [0.29, 0.717) is 6.54 Å². The van der Waals surface area contributed by atoms with E-state index in [2.05, 4.69) is 6.07 Å². The maximum atomic E-state index is 12.3. The minimum Gasteiger partial charge on any atom is -0.371 e. The largest absolute Gasteiger partial charge is 0.371 e. The molecule has 0 aliphatic heterocycles. The lowest BCUT2D eigenvalue weighted by Gasteiger charge is -2.23. The van der Waals surface area contributed by atoms with Crippen molar-refractivity contribution in [3.05, 3.63) is 27.7 Å². The Hall–Kier alpha value is -1.76. The van der Waals surface area contributed by atoms with Crippen molar-refractivity contribution in [2.24, 2.45) is 0 Å². The van der Waals surface area contributed by atoms with Crippen molar-refractivity contribution < 1.29 is 0 Å². The van der Waals surface area contributed by atoms with Crippen LogP contribution in [0.4, 0.5) is 5.69 Å². The molecule has 4 heteroatoms. The Morgan fingerprint density at radius 2 is 1.94 bits per heavy atom. The third kappa shape index (κ3) is 2.56. The van der Waals surface area contributed by atoms with Gasteiger partial charge in [-0.25, -0.2) is 0 Å². The molecule has 4 nitrogen and oxygen atoms in total. The molecular formula is C14H21N3O. The third-order valence-corrected chi connectivity index (χ3v) is 3.15. The first-order valence-corrected chi connectivity index (χ1v) is 6.50. The fraction of sp³-hybridized carbons (Fsp3) is 0.571. The first-order valence-electron chi connectivity index (χ1n) is 6.50. The molecule has 0 aliphatic rings. The summed E-state index contributed by atoms with van der Waals surface area (Å²) in [6.45, 7) is 10.2. The first kappa shape index (κ1) is 14.3. The number of nitriles is 1. The lowest BCUT2D eigenvalue weighted by Crippen LogP contribution is -2.30. The summed E-state index contributed by atoms with van der Waals surface area (Å²) in [4.78, 5) is 14.3. The van der Waals surface area contributed by atoms with Gasteiger partial charge in [0.1, 0.15) is 11.6 Å². The third-order valence-electron chi connectivity index (χ3n) is 3.15. The van der Waals surface area contributed by atoms with Crippen LogP contribution in [0.3, 0.4) is 0 Å². The number of hydrogen-bond donors (Lipinski definition) is 0. The maximum absolute atomic E-state index is 12.3. The monoisotopic (exact) mass is 247 g/mol.